The third kappa shape index (κ3) is 3.11. The van der Waals surface area contributed by atoms with Crippen molar-refractivity contribution in [1.82, 2.24) is 0 Å². The van der Waals surface area contributed by atoms with Crippen molar-refractivity contribution in [3.8, 4) is 0 Å². The minimum absolute atomic E-state index is 0.0670. The van der Waals surface area contributed by atoms with E-state index in [1.807, 2.05) is 18.2 Å². The lowest BCUT2D eigenvalue weighted by Crippen LogP contribution is -1.84. The van der Waals surface area contributed by atoms with Gasteiger partial charge in [-0.25, -0.2) is 0 Å². The molecule has 1 aromatic carbocycles. The Morgan fingerprint density at radius 3 is 2.58 bits per heavy atom. The molecule has 0 saturated heterocycles. The lowest BCUT2D eigenvalue weighted by molar-refractivity contribution is 0.340. The van der Waals surface area contributed by atoms with E-state index in [-0.39, 0.29) is 6.61 Å². The molecule has 64 valence electrons. The number of aliphatic hydroxyl groups excluding tert-OH is 1. The predicted molar refractivity (Wildman–Crippen MR) is 54.0 cm³/mol. The van der Waals surface area contributed by atoms with Crippen molar-refractivity contribution in [3.63, 3.8) is 0 Å². The summed E-state index contributed by atoms with van der Waals surface area (Å²) in [6.45, 7) is 3.77. The van der Waals surface area contributed by atoms with Gasteiger partial charge in [0.15, 0.2) is 0 Å². The van der Waals surface area contributed by atoms with Gasteiger partial charge >= 0.3 is 0 Å². The van der Waals surface area contributed by atoms with Gasteiger partial charge in [0.2, 0.25) is 0 Å². The van der Waals surface area contributed by atoms with Gasteiger partial charge in [0.25, 0.3) is 0 Å². The van der Waals surface area contributed by atoms with Crippen LogP contribution in [0.5, 0.6) is 0 Å². The predicted octanol–water partition coefficient (Wildman–Crippen LogP) is 2.43. The molecule has 0 fully saturated rings. The summed E-state index contributed by atoms with van der Waals surface area (Å²) < 4.78 is 0. The van der Waals surface area contributed by atoms with E-state index in [1.54, 1.807) is 11.8 Å². The highest BCUT2D eigenvalue weighted by Gasteiger charge is 1.94. The molecule has 12 heavy (non-hydrogen) atoms. The third-order valence-electron chi connectivity index (χ3n) is 1.46. The normalized spacial score (nSPS) is 9.75. The van der Waals surface area contributed by atoms with Crippen molar-refractivity contribution in [3.05, 3.63) is 47.4 Å². The highest BCUT2D eigenvalue weighted by atomic mass is 32.2. The lowest BCUT2D eigenvalue weighted by atomic mass is 10.2. The van der Waals surface area contributed by atoms with Crippen LogP contribution < -0.4 is 0 Å². The second-order valence-electron chi connectivity index (χ2n) is 2.47. The summed E-state index contributed by atoms with van der Waals surface area (Å²) in [4.78, 5) is 0.818. The van der Waals surface area contributed by atoms with Crippen molar-refractivity contribution < 1.29 is 5.11 Å². The molecule has 0 aliphatic heterocycles. The number of rotatable bonds is 4. The smallest absolute Gasteiger partial charge is 0.0734 e. The van der Waals surface area contributed by atoms with E-state index in [1.165, 1.54) is 5.56 Å². The summed E-state index contributed by atoms with van der Waals surface area (Å²) in [7, 11) is 0. The highest BCUT2D eigenvalue weighted by Crippen LogP contribution is 2.18. The maximum absolute atomic E-state index is 8.69. The molecule has 0 heterocycles. The molecule has 0 radical (unpaired) electrons. The molecule has 1 aromatic rings. The molecule has 0 unspecified atom stereocenters. The first-order chi connectivity index (χ1) is 5.83. The Bertz CT molecular complexity index is 243. The van der Waals surface area contributed by atoms with Crippen LogP contribution in [-0.2, 0) is 5.75 Å². The Labute approximate surface area is 77.1 Å². The fourth-order valence-electron chi connectivity index (χ4n) is 0.805. The van der Waals surface area contributed by atoms with E-state index in [2.05, 4.69) is 18.7 Å². The van der Waals surface area contributed by atoms with Crippen LogP contribution in [0.4, 0.5) is 0 Å². The number of thioether (sulfide) groups is 1. The van der Waals surface area contributed by atoms with Crippen molar-refractivity contribution in [1.29, 1.82) is 0 Å². The first-order valence-electron chi connectivity index (χ1n) is 3.78. The zero-order valence-electron chi connectivity index (χ0n) is 6.86. The van der Waals surface area contributed by atoms with Gasteiger partial charge in [-0.15, -0.1) is 11.8 Å². The van der Waals surface area contributed by atoms with Gasteiger partial charge < -0.3 is 5.11 Å². The van der Waals surface area contributed by atoms with E-state index in [0.29, 0.717) is 0 Å². The van der Waals surface area contributed by atoms with Gasteiger partial charge in [-0.05, 0) is 5.56 Å². The molecule has 2 heteroatoms. The Morgan fingerprint density at radius 1 is 1.33 bits per heavy atom. The Morgan fingerprint density at radius 2 is 2.00 bits per heavy atom. The summed E-state index contributed by atoms with van der Waals surface area (Å²) >= 11 is 1.59. The molecular weight excluding hydrogens is 168 g/mol. The Hall–Kier alpha value is -0.730. The maximum Gasteiger partial charge on any atom is 0.0734 e. The zero-order chi connectivity index (χ0) is 8.81. The molecule has 0 aromatic heterocycles. The quantitative estimate of drug-likeness (QED) is 0.768. The first kappa shape index (κ1) is 9.36. The maximum atomic E-state index is 8.69. The number of aliphatic hydroxyl groups is 1. The summed E-state index contributed by atoms with van der Waals surface area (Å²) in [6.07, 6.45) is 0. The molecule has 1 N–H and O–H groups in total. The van der Waals surface area contributed by atoms with Gasteiger partial charge in [-0.1, -0.05) is 36.9 Å². The standard InChI is InChI=1S/C10H12OS/c1-9(7-11)12-8-10-5-3-2-4-6-10/h2-6,11H,1,7-8H2. The largest absolute Gasteiger partial charge is 0.391 e. The summed E-state index contributed by atoms with van der Waals surface area (Å²) in [5.74, 6) is 0.889. The second kappa shape index (κ2) is 5.01. The first-order valence-corrected chi connectivity index (χ1v) is 4.77. The zero-order valence-corrected chi connectivity index (χ0v) is 7.68. The molecule has 0 bridgehead atoms. The van der Waals surface area contributed by atoms with Crippen LogP contribution in [0.1, 0.15) is 5.56 Å². The van der Waals surface area contributed by atoms with Crippen molar-refractivity contribution in [2.75, 3.05) is 6.61 Å². The molecule has 0 saturated carbocycles. The third-order valence-corrected chi connectivity index (χ3v) is 2.48. The van der Waals surface area contributed by atoms with Gasteiger partial charge in [0, 0.05) is 10.7 Å². The van der Waals surface area contributed by atoms with Crippen LogP contribution in [0.15, 0.2) is 41.8 Å². The monoisotopic (exact) mass is 180 g/mol. The molecule has 1 nitrogen and oxygen atoms in total. The van der Waals surface area contributed by atoms with Gasteiger partial charge in [-0.3, -0.25) is 0 Å². The average molecular weight is 180 g/mol. The molecule has 0 atom stereocenters. The summed E-state index contributed by atoms with van der Waals surface area (Å²) in [6, 6.07) is 10.2. The average Bonchev–Trinajstić information content (AvgIpc) is 2.16. The van der Waals surface area contributed by atoms with Crippen LogP contribution >= 0.6 is 11.8 Å². The number of hydrogen-bond acceptors (Lipinski definition) is 2. The van der Waals surface area contributed by atoms with E-state index in [0.717, 1.165) is 10.7 Å². The fraction of sp³-hybridized carbons (Fsp3) is 0.200. The van der Waals surface area contributed by atoms with Crippen LogP contribution in [0.3, 0.4) is 0 Å². The van der Waals surface area contributed by atoms with Gasteiger partial charge in [0.05, 0.1) is 6.61 Å². The van der Waals surface area contributed by atoms with E-state index >= 15 is 0 Å². The Kier molecular flexibility index (Phi) is 3.91. The van der Waals surface area contributed by atoms with Crippen molar-refractivity contribution in [2.45, 2.75) is 5.75 Å². The molecule has 0 aliphatic carbocycles. The van der Waals surface area contributed by atoms with Crippen molar-refractivity contribution in [2.24, 2.45) is 0 Å². The molecule has 0 amide bonds. The van der Waals surface area contributed by atoms with Gasteiger partial charge in [0.1, 0.15) is 0 Å². The molecule has 0 spiro atoms. The van der Waals surface area contributed by atoms with Crippen LogP contribution in [-0.4, -0.2) is 11.7 Å². The molecule has 1 rings (SSSR count). The topological polar surface area (TPSA) is 20.2 Å². The van der Waals surface area contributed by atoms with Crippen molar-refractivity contribution >= 4 is 11.8 Å². The highest BCUT2D eigenvalue weighted by molar-refractivity contribution is 8.02. The van der Waals surface area contributed by atoms with E-state index in [9.17, 15) is 0 Å². The van der Waals surface area contributed by atoms with E-state index < -0.39 is 0 Å². The van der Waals surface area contributed by atoms with Gasteiger partial charge in [-0.2, -0.15) is 0 Å². The minimum Gasteiger partial charge on any atom is -0.391 e. The van der Waals surface area contributed by atoms with E-state index in [4.69, 9.17) is 5.11 Å². The van der Waals surface area contributed by atoms with Crippen LogP contribution in [0, 0.1) is 0 Å². The second-order valence-corrected chi connectivity index (χ2v) is 3.63. The van der Waals surface area contributed by atoms with Crippen LogP contribution in [0.25, 0.3) is 0 Å². The lowest BCUT2D eigenvalue weighted by Gasteiger charge is -2.01. The minimum atomic E-state index is 0.0670. The molecule has 0 aliphatic rings. The molecular formula is C10H12OS. The SMILES string of the molecule is C=C(CO)SCc1ccccc1. The number of benzene rings is 1. The summed E-state index contributed by atoms with van der Waals surface area (Å²) in [5, 5.41) is 8.69. The Balaban J connectivity index is 2.38. The summed E-state index contributed by atoms with van der Waals surface area (Å²) in [5.41, 5.74) is 1.26. The fourth-order valence-corrected chi connectivity index (χ4v) is 1.46. The number of hydrogen-bond donors (Lipinski definition) is 1. The van der Waals surface area contributed by atoms with Crippen LogP contribution in [0.2, 0.25) is 0 Å².